The molecule has 1 nitrogen and oxygen atoms in total. The van der Waals surface area contributed by atoms with Crippen LogP contribution < -0.4 is 5.73 Å². The molecule has 0 bridgehead atoms. The Bertz CT molecular complexity index is 254. The molecule has 1 unspecified atom stereocenters. The molecule has 0 aliphatic heterocycles. The molecule has 2 N–H and O–H groups in total. The van der Waals surface area contributed by atoms with Crippen molar-refractivity contribution < 1.29 is 0 Å². The minimum atomic E-state index is 0.282. The van der Waals surface area contributed by atoms with Crippen LogP contribution in [0.5, 0.6) is 0 Å². The zero-order valence-electron chi connectivity index (χ0n) is 6.09. The molecule has 0 radical (unpaired) electrons. The van der Waals surface area contributed by atoms with E-state index in [1.807, 2.05) is 0 Å². The fraction of sp³-hybridized carbons (Fsp3) is 0.500. The van der Waals surface area contributed by atoms with Crippen LogP contribution in [-0.4, -0.2) is 0 Å². The summed E-state index contributed by atoms with van der Waals surface area (Å²) in [6, 6.07) is 2.35. The monoisotopic (exact) mass is 231 g/mol. The van der Waals surface area contributed by atoms with Gasteiger partial charge < -0.3 is 5.73 Å². The first-order valence-corrected chi connectivity index (χ1v) is 5.45. The van der Waals surface area contributed by atoms with Crippen LogP contribution in [0.25, 0.3) is 0 Å². The van der Waals surface area contributed by atoms with E-state index in [1.165, 1.54) is 22.2 Å². The molecule has 1 heterocycles. The van der Waals surface area contributed by atoms with Crippen molar-refractivity contribution in [2.24, 2.45) is 11.7 Å². The first-order chi connectivity index (χ1) is 5.29. The molecule has 0 aromatic carbocycles. The lowest BCUT2D eigenvalue weighted by atomic mass is 10.2. The third-order valence-electron chi connectivity index (χ3n) is 2.08. The molecule has 1 fully saturated rings. The first-order valence-electron chi connectivity index (χ1n) is 3.77. The highest BCUT2D eigenvalue weighted by Gasteiger charge is 2.31. The van der Waals surface area contributed by atoms with E-state index >= 15 is 0 Å². The summed E-state index contributed by atoms with van der Waals surface area (Å²) in [5.74, 6) is 0.755. The van der Waals surface area contributed by atoms with Crippen LogP contribution in [0.4, 0.5) is 0 Å². The Hall–Kier alpha value is 0.140. The second-order valence-corrected chi connectivity index (χ2v) is 4.80. The average molecular weight is 232 g/mol. The minimum absolute atomic E-state index is 0.282. The maximum Gasteiger partial charge on any atom is 0.0429 e. The molecule has 1 aliphatic carbocycles. The average Bonchev–Trinajstić information content (AvgIpc) is 2.74. The molecule has 0 saturated heterocycles. The maximum atomic E-state index is 6.03. The Labute approximate surface area is 78.7 Å². The molecule has 1 aliphatic rings. The Morgan fingerprint density at radius 3 is 2.82 bits per heavy atom. The molecule has 60 valence electrons. The van der Waals surface area contributed by atoms with Gasteiger partial charge in [0.1, 0.15) is 0 Å². The molecule has 3 heteroatoms. The first kappa shape index (κ1) is 7.77. The predicted octanol–water partition coefficient (Wildman–Crippen LogP) is 2.92. The van der Waals surface area contributed by atoms with Gasteiger partial charge in [0, 0.05) is 15.4 Å². The lowest BCUT2D eigenvalue weighted by Crippen LogP contribution is -2.10. The van der Waals surface area contributed by atoms with E-state index < -0.39 is 0 Å². The summed E-state index contributed by atoms with van der Waals surface area (Å²) in [5, 5.41) is 2.08. The highest BCUT2D eigenvalue weighted by atomic mass is 79.9. The van der Waals surface area contributed by atoms with Crippen LogP contribution in [0.15, 0.2) is 15.9 Å². The zero-order valence-corrected chi connectivity index (χ0v) is 8.49. The van der Waals surface area contributed by atoms with E-state index in [4.69, 9.17) is 5.73 Å². The van der Waals surface area contributed by atoms with Gasteiger partial charge in [0.05, 0.1) is 0 Å². The van der Waals surface area contributed by atoms with Crippen LogP contribution in [-0.2, 0) is 0 Å². The highest BCUT2D eigenvalue weighted by Crippen LogP contribution is 2.43. The second kappa shape index (κ2) is 2.88. The molecule has 1 aromatic heterocycles. The van der Waals surface area contributed by atoms with E-state index in [-0.39, 0.29) is 6.04 Å². The van der Waals surface area contributed by atoms with Crippen molar-refractivity contribution in [2.75, 3.05) is 0 Å². The van der Waals surface area contributed by atoms with Crippen molar-refractivity contribution >= 4 is 27.3 Å². The molecule has 0 amide bonds. The van der Waals surface area contributed by atoms with E-state index in [9.17, 15) is 0 Å². The number of rotatable bonds is 2. The van der Waals surface area contributed by atoms with Gasteiger partial charge in [0.25, 0.3) is 0 Å². The van der Waals surface area contributed by atoms with E-state index in [0.29, 0.717) is 0 Å². The van der Waals surface area contributed by atoms with Crippen molar-refractivity contribution in [3.05, 3.63) is 20.8 Å². The summed E-state index contributed by atoms with van der Waals surface area (Å²) in [5.41, 5.74) is 6.03. The highest BCUT2D eigenvalue weighted by molar-refractivity contribution is 9.10. The lowest BCUT2D eigenvalue weighted by Gasteiger charge is -2.07. The Morgan fingerprint density at radius 2 is 2.36 bits per heavy atom. The van der Waals surface area contributed by atoms with Gasteiger partial charge in [-0.25, -0.2) is 0 Å². The third-order valence-corrected chi connectivity index (χ3v) is 4.05. The quantitative estimate of drug-likeness (QED) is 0.833. The molecule has 11 heavy (non-hydrogen) atoms. The van der Waals surface area contributed by atoms with Gasteiger partial charge in [-0.05, 0) is 46.1 Å². The third kappa shape index (κ3) is 1.50. The lowest BCUT2D eigenvalue weighted by molar-refractivity contribution is 0.642. The van der Waals surface area contributed by atoms with E-state index in [1.54, 1.807) is 11.3 Å². The smallest absolute Gasteiger partial charge is 0.0429 e. The SMILES string of the molecule is NC(c1sccc1Br)C1CC1. The van der Waals surface area contributed by atoms with Gasteiger partial charge in [-0.3, -0.25) is 0 Å². The molecule has 2 rings (SSSR count). The number of thiophene rings is 1. The van der Waals surface area contributed by atoms with Crippen molar-refractivity contribution in [2.45, 2.75) is 18.9 Å². The van der Waals surface area contributed by atoms with Gasteiger partial charge in [-0.2, -0.15) is 0 Å². The fourth-order valence-electron chi connectivity index (χ4n) is 1.21. The molecule has 1 saturated carbocycles. The molecule has 0 spiro atoms. The van der Waals surface area contributed by atoms with Gasteiger partial charge >= 0.3 is 0 Å². The van der Waals surface area contributed by atoms with Crippen LogP contribution in [0, 0.1) is 5.92 Å². The summed E-state index contributed by atoms with van der Waals surface area (Å²) in [7, 11) is 0. The number of halogens is 1. The van der Waals surface area contributed by atoms with Crippen LogP contribution >= 0.6 is 27.3 Å². The summed E-state index contributed by atoms with van der Waals surface area (Å²) < 4.78 is 1.18. The summed E-state index contributed by atoms with van der Waals surface area (Å²) in [4.78, 5) is 1.31. The normalized spacial score (nSPS) is 20.2. The Kier molecular flexibility index (Phi) is 2.04. The molecular formula is C8H10BrNS. The Balaban J connectivity index is 2.20. The maximum absolute atomic E-state index is 6.03. The van der Waals surface area contributed by atoms with Crippen LogP contribution in [0.3, 0.4) is 0 Å². The van der Waals surface area contributed by atoms with Crippen LogP contribution in [0.1, 0.15) is 23.8 Å². The molecule has 1 atom stereocenters. The van der Waals surface area contributed by atoms with Crippen molar-refractivity contribution in [3.63, 3.8) is 0 Å². The molecular weight excluding hydrogens is 222 g/mol. The van der Waals surface area contributed by atoms with Gasteiger partial charge in [0.2, 0.25) is 0 Å². The van der Waals surface area contributed by atoms with Gasteiger partial charge in [0.15, 0.2) is 0 Å². The van der Waals surface area contributed by atoms with Gasteiger partial charge in [-0.15, -0.1) is 11.3 Å². The zero-order chi connectivity index (χ0) is 7.84. The van der Waals surface area contributed by atoms with Crippen molar-refractivity contribution in [1.82, 2.24) is 0 Å². The van der Waals surface area contributed by atoms with Crippen molar-refractivity contribution in [1.29, 1.82) is 0 Å². The van der Waals surface area contributed by atoms with E-state index in [0.717, 1.165) is 5.92 Å². The summed E-state index contributed by atoms with van der Waals surface area (Å²) in [6.07, 6.45) is 2.62. The second-order valence-electron chi connectivity index (χ2n) is 3.00. The van der Waals surface area contributed by atoms with Crippen LogP contribution in [0.2, 0.25) is 0 Å². The summed E-state index contributed by atoms with van der Waals surface area (Å²) in [6.45, 7) is 0. The number of nitrogens with two attached hydrogens (primary N) is 1. The molecule has 1 aromatic rings. The topological polar surface area (TPSA) is 26.0 Å². The fourth-order valence-corrected chi connectivity index (χ4v) is 2.95. The van der Waals surface area contributed by atoms with E-state index in [2.05, 4.69) is 27.4 Å². The van der Waals surface area contributed by atoms with Gasteiger partial charge in [-0.1, -0.05) is 0 Å². The van der Waals surface area contributed by atoms with Crippen molar-refractivity contribution in [3.8, 4) is 0 Å². The number of hydrogen-bond acceptors (Lipinski definition) is 2. The largest absolute Gasteiger partial charge is 0.323 e. The standard InChI is InChI=1S/C8H10BrNS/c9-6-3-4-11-8(6)7(10)5-1-2-5/h3-5,7H,1-2,10H2. The minimum Gasteiger partial charge on any atom is -0.323 e. The predicted molar refractivity (Wildman–Crippen MR) is 51.7 cm³/mol. The number of hydrogen-bond donors (Lipinski definition) is 1. The Morgan fingerprint density at radius 1 is 1.64 bits per heavy atom. The summed E-state index contributed by atoms with van der Waals surface area (Å²) >= 11 is 5.25.